The first kappa shape index (κ1) is 9.21. The Hall–Kier alpha value is -1.35. The summed E-state index contributed by atoms with van der Waals surface area (Å²) in [5.41, 5.74) is 2.73. The molecule has 2 heterocycles. The van der Waals surface area contributed by atoms with Crippen molar-refractivity contribution >= 4 is 11.6 Å². The van der Waals surface area contributed by atoms with Crippen LogP contribution in [0.3, 0.4) is 0 Å². The van der Waals surface area contributed by atoms with Gasteiger partial charge in [0.05, 0.1) is 17.3 Å². The van der Waals surface area contributed by atoms with Crippen molar-refractivity contribution in [2.75, 3.05) is 0 Å². The molecule has 0 unspecified atom stereocenters. The Balaban J connectivity index is 2.43. The van der Waals surface area contributed by atoms with E-state index in [9.17, 15) is 0 Å². The van der Waals surface area contributed by atoms with E-state index in [0.717, 1.165) is 17.1 Å². The van der Waals surface area contributed by atoms with Crippen molar-refractivity contribution in [1.82, 2.24) is 14.8 Å². The third kappa shape index (κ3) is 1.63. The van der Waals surface area contributed by atoms with Crippen molar-refractivity contribution in [2.45, 2.75) is 5.88 Å². The van der Waals surface area contributed by atoms with Crippen LogP contribution < -0.4 is 0 Å². The van der Waals surface area contributed by atoms with Crippen molar-refractivity contribution in [1.29, 1.82) is 0 Å². The second kappa shape index (κ2) is 3.80. The fraction of sp³-hybridized carbons (Fsp3) is 0.200. The number of hydrogen-bond acceptors (Lipinski definition) is 2. The Kier molecular flexibility index (Phi) is 2.50. The second-order valence-corrected chi connectivity index (χ2v) is 3.26. The largest absolute Gasteiger partial charge is 0.271 e. The van der Waals surface area contributed by atoms with Gasteiger partial charge in [-0.2, -0.15) is 5.10 Å². The molecule has 0 spiro atoms. The summed E-state index contributed by atoms with van der Waals surface area (Å²) in [7, 11) is 1.88. The lowest BCUT2D eigenvalue weighted by Crippen LogP contribution is -1.94. The summed E-state index contributed by atoms with van der Waals surface area (Å²) in [6.45, 7) is 0. The maximum atomic E-state index is 5.75. The highest BCUT2D eigenvalue weighted by Crippen LogP contribution is 2.16. The van der Waals surface area contributed by atoms with Gasteiger partial charge in [0, 0.05) is 13.2 Å². The van der Waals surface area contributed by atoms with Gasteiger partial charge in [-0.25, -0.2) is 0 Å². The fourth-order valence-corrected chi connectivity index (χ4v) is 1.52. The standard InChI is InChI=1S/C10H10ClN3/c1-14-8(7-11)6-10(13-14)9-4-2-3-5-12-9/h2-6H,7H2,1H3. The Morgan fingerprint density at radius 1 is 1.36 bits per heavy atom. The molecule has 72 valence electrons. The molecule has 2 aromatic rings. The molecule has 0 radical (unpaired) electrons. The van der Waals surface area contributed by atoms with Crippen molar-refractivity contribution < 1.29 is 0 Å². The smallest absolute Gasteiger partial charge is 0.111 e. The Morgan fingerprint density at radius 2 is 2.21 bits per heavy atom. The molecule has 0 bridgehead atoms. The van der Waals surface area contributed by atoms with Crippen molar-refractivity contribution in [2.24, 2.45) is 7.05 Å². The van der Waals surface area contributed by atoms with E-state index < -0.39 is 0 Å². The maximum absolute atomic E-state index is 5.75. The highest BCUT2D eigenvalue weighted by molar-refractivity contribution is 6.16. The molecule has 0 aliphatic carbocycles. The molecule has 0 saturated carbocycles. The Morgan fingerprint density at radius 3 is 2.79 bits per heavy atom. The van der Waals surface area contributed by atoms with Crippen LogP contribution in [0.25, 0.3) is 11.4 Å². The van der Waals surface area contributed by atoms with Crippen LogP contribution >= 0.6 is 11.6 Å². The lowest BCUT2D eigenvalue weighted by molar-refractivity contribution is 0.737. The number of halogens is 1. The highest BCUT2D eigenvalue weighted by atomic mass is 35.5. The van der Waals surface area contributed by atoms with E-state index in [-0.39, 0.29) is 0 Å². The van der Waals surface area contributed by atoms with Gasteiger partial charge in [-0.3, -0.25) is 9.67 Å². The molecule has 0 fully saturated rings. The monoisotopic (exact) mass is 207 g/mol. The van der Waals surface area contributed by atoms with E-state index in [1.165, 1.54) is 0 Å². The van der Waals surface area contributed by atoms with E-state index in [1.807, 2.05) is 31.3 Å². The van der Waals surface area contributed by atoms with E-state index in [4.69, 9.17) is 11.6 Å². The average molecular weight is 208 g/mol. The summed E-state index contributed by atoms with van der Waals surface area (Å²) in [5, 5.41) is 4.32. The number of nitrogens with zero attached hydrogens (tertiary/aromatic N) is 3. The van der Waals surface area contributed by atoms with Crippen LogP contribution in [0.2, 0.25) is 0 Å². The van der Waals surface area contributed by atoms with Gasteiger partial charge in [0.15, 0.2) is 0 Å². The third-order valence-electron chi connectivity index (χ3n) is 2.04. The number of rotatable bonds is 2. The molecule has 0 aromatic carbocycles. The minimum absolute atomic E-state index is 0.469. The molecular weight excluding hydrogens is 198 g/mol. The van der Waals surface area contributed by atoms with Crippen molar-refractivity contribution in [3.8, 4) is 11.4 Å². The molecule has 0 atom stereocenters. The van der Waals surface area contributed by atoms with E-state index in [2.05, 4.69) is 10.1 Å². The molecule has 0 saturated heterocycles. The minimum atomic E-state index is 0.469. The van der Waals surface area contributed by atoms with Gasteiger partial charge in [-0.05, 0) is 18.2 Å². The Bertz CT molecular complexity index is 422. The van der Waals surface area contributed by atoms with Gasteiger partial charge >= 0.3 is 0 Å². The highest BCUT2D eigenvalue weighted by Gasteiger charge is 2.06. The minimum Gasteiger partial charge on any atom is -0.271 e. The number of alkyl halides is 1. The summed E-state index contributed by atoms with van der Waals surface area (Å²) >= 11 is 5.75. The topological polar surface area (TPSA) is 30.7 Å². The summed E-state index contributed by atoms with van der Waals surface area (Å²) in [5.74, 6) is 0.469. The normalized spacial score (nSPS) is 10.4. The first-order valence-electron chi connectivity index (χ1n) is 4.31. The summed E-state index contributed by atoms with van der Waals surface area (Å²) in [6.07, 6.45) is 1.75. The zero-order valence-electron chi connectivity index (χ0n) is 7.81. The molecule has 2 rings (SSSR count). The van der Waals surface area contributed by atoms with Crippen LogP contribution in [0.5, 0.6) is 0 Å². The van der Waals surface area contributed by atoms with Gasteiger partial charge in [0.1, 0.15) is 5.69 Å². The van der Waals surface area contributed by atoms with E-state index in [1.54, 1.807) is 10.9 Å². The van der Waals surface area contributed by atoms with Gasteiger partial charge in [0.2, 0.25) is 0 Å². The molecule has 0 aliphatic rings. The fourth-order valence-electron chi connectivity index (χ4n) is 1.27. The average Bonchev–Trinajstić information content (AvgIpc) is 2.61. The zero-order chi connectivity index (χ0) is 9.97. The molecule has 14 heavy (non-hydrogen) atoms. The van der Waals surface area contributed by atoms with Gasteiger partial charge < -0.3 is 0 Å². The quantitative estimate of drug-likeness (QED) is 0.707. The first-order valence-corrected chi connectivity index (χ1v) is 4.85. The molecule has 0 amide bonds. The summed E-state index contributed by atoms with van der Waals surface area (Å²) in [4.78, 5) is 4.22. The van der Waals surface area contributed by atoms with Crippen LogP contribution in [-0.2, 0) is 12.9 Å². The number of pyridine rings is 1. The first-order chi connectivity index (χ1) is 6.81. The summed E-state index contributed by atoms with van der Waals surface area (Å²) < 4.78 is 1.77. The zero-order valence-corrected chi connectivity index (χ0v) is 8.57. The Labute approximate surface area is 87.3 Å². The number of hydrogen-bond donors (Lipinski definition) is 0. The molecule has 4 heteroatoms. The van der Waals surface area contributed by atoms with Crippen molar-refractivity contribution in [3.05, 3.63) is 36.2 Å². The SMILES string of the molecule is Cn1nc(-c2ccccn2)cc1CCl. The molecule has 3 nitrogen and oxygen atoms in total. The lowest BCUT2D eigenvalue weighted by Gasteiger charge is -1.93. The van der Waals surface area contributed by atoms with E-state index >= 15 is 0 Å². The van der Waals surface area contributed by atoms with Gasteiger partial charge in [-0.1, -0.05) is 6.07 Å². The second-order valence-electron chi connectivity index (χ2n) is 2.99. The number of aromatic nitrogens is 3. The van der Waals surface area contributed by atoms with Gasteiger partial charge in [-0.15, -0.1) is 11.6 Å². The lowest BCUT2D eigenvalue weighted by atomic mass is 10.2. The van der Waals surface area contributed by atoms with Crippen LogP contribution in [0.1, 0.15) is 5.69 Å². The van der Waals surface area contributed by atoms with Crippen LogP contribution in [0.15, 0.2) is 30.5 Å². The molecule has 0 N–H and O–H groups in total. The van der Waals surface area contributed by atoms with E-state index in [0.29, 0.717) is 5.88 Å². The number of aryl methyl sites for hydroxylation is 1. The van der Waals surface area contributed by atoms with Crippen molar-refractivity contribution in [3.63, 3.8) is 0 Å². The molecule has 2 aromatic heterocycles. The predicted octanol–water partition coefficient (Wildman–Crippen LogP) is 2.22. The maximum Gasteiger partial charge on any atom is 0.111 e. The van der Waals surface area contributed by atoms with Crippen LogP contribution in [-0.4, -0.2) is 14.8 Å². The van der Waals surface area contributed by atoms with Gasteiger partial charge in [0.25, 0.3) is 0 Å². The molecular formula is C10H10ClN3. The van der Waals surface area contributed by atoms with Crippen LogP contribution in [0, 0.1) is 0 Å². The molecule has 0 aliphatic heterocycles. The van der Waals surface area contributed by atoms with Crippen LogP contribution in [0.4, 0.5) is 0 Å². The summed E-state index contributed by atoms with van der Waals surface area (Å²) in [6, 6.07) is 7.71. The predicted molar refractivity (Wildman–Crippen MR) is 56.0 cm³/mol. The third-order valence-corrected chi connectivity index (χ3v) is 2.31.